The maximum absolute atomic E-state index is 6.12. The van der Waals surface area contributed by atoms with Crippen molar-refractivity contribution in [2.75, 3.05) is 11.0 Å². The van der Waals surface area contributed by atoms with E-state index in [2.05, 4.69) is 67.7 Å². The molecule has 0 bridgehead atoms. The van der Waals surface area contributed by atoms with Gasteiger partial charge in [-0.2, -0.15) is 0 Å². The first-order valence-electron chi connectivity index (χ1n) is 8.02. The van der Waals surface area contributed by atoms with Crippen molar-refractivity contribution >= 4 is 30.2 Å². The molecular formula is C18H23BN2O2S. The molecule has 126 valence electrons. The second-order valence-corrected chi connectivity index (χ2v) is 7.59. The van der Waals surface area contributed by atoms with Gasteiger partial charge in [-0.3, -0.25) is 4.98 Å². The maximum Gasteiger partial charge on any atom is 0.496 e. The lowest BCUT2D eigenvalue weighted by Gasteiger charge is -2.32. The maximum atomic E-state index is 6.12. The van der Waals surface area contributed by atoms with Crippen molar-refractivity contribution in [1.82, 2.24) is 4.98 Å². The zero-order chi connectivity index (χ0) is 17.4. The fourth-order valence-electron chi connectivity index (χ4n) is 2.57. The lowest BCUT2D eigenvalue weighted by molar-refractivity contribution is 0.00578. The van der Waals surface area contributed by atoms with Crippen molar-refractivity contribution in [3.8, 4) is 11.1 Å². The molecule has 0 aliphatic carbocycles. The van der Waals surface area contributed by atoms with Crippen molar-refractivity contribution in [2.24, 2.45) is 0 Å². The summed E-state index contributed by atoms with van der Waals surface area (Å²) in [6.45, 7) is 8.23. The van der Waals surface area contributed by atoms with Gasteiger partial charge in [0, 0.05) is 29.8 Å². The summed E-state index contributed by atoms with van der Waals surface area (Å²) in [5.74, 6) is 0. The van der Waals surface area contributed by atoms with Crippen LogP contribution in [0.1, 0.15) is 27.7 Å². The molecule has 0 radical (unpaired) electrons. The number of anilines is 1. The minimum atomic E-state index is -0.389. The number of nitrogens with zero attached hydrogens (tertiary/aromatic N) is 1. The average molecular weight is 342 g/mol. The third-order valence-corrected chi connectivity index (χ3v) is 5.16. The molecule has 24 heavy (non-hydrogen) atoms. The fraction of sp³-hybridized carbons (Fsp3) is 0.389. The SMILES string of the molecule is CSNc1ccc(-c2cncc(B3OC(C)(C)C(C)(C)O3)c2)cc1. The molecule has 1 aliphatic rings. The van der Waals surface area contributed by atoms with Crippen LogP contribution in [0.2, 0.25) is 0 Å². The third-order valence-electron chi connectivity index (χ3n) is 4.72. The molecular weight excluding hydrogens is 319 g/mol. The lowest BCUT2D eigenvalue weighted by atomic mass is 9.79. The smallest absolute Gasteiger partial charge is 0.399 e. The molecule has 3 rings (SSSR count). The Kier molecular flexibility index (Phi) is 4.64. The van der Waals surface area contributed by atoms with Crippen LogP contribution in [0.4, 0.5) is 5.69 Å². The highest BCUT2D eigenvalue weighted by Gasteiger charge is 2.51. The van der Waals surface area contributed by atoms with Crippen molar-refractivity contribution in [3.63, 3.8) is 0 Å². The van der Waals surface area contributed by atoms with Gasteiger partial charge in [-0.05, 0) is 51.0 Å². The van der Waals surface area contributed by atoms with Crippen LogP contribution in [0, 0.1) is 0 Å². The van der Waals surface area contributed by atoms with Gasteiger partial charge in [0.1, 0.15) is 0 Å². The van der Waals surface area contributed by atoms with Gasteiger partial charge in [0.15, 0.2) is 0 Å². The number of aromatic nitrogens is 1. The Morgan fingerprint density at radius 3 is 2.17 bits per heavy atom. The summed E-state index contributed by atoms with van der Waals surface area (Å²) >= 11 is 1.58. The van der Waals surface area contributed by atoms with E-state index in [0.29, 0.717) is 0 Å². The first-order valence-corrected chi connectivity index (χ1v) is 9.25. The van der Waals surface area contributed by atoms with Crippen LogP contribution >= 0.6 is 11.9 Å². The predicted molar refractivity (Wildman–Crippen MR) is 103 cm³/mol. The minimum absolute atomic E-state index is 0.348. The van der Waals surface area contributed by atoms with E-state index in [9.17, 15) is 0 Å². The van der Waals surface area contributed by atoms with Crippen LogP contribution in [-0.4, -0.2) is 29.6 Å². The first-order chi connectivity index (χ1) is 11.3. The van der Waals surface area contributed by atoms with E-state index in [4.69, 9.17) is 9.31 Å². The number of nitrogens with one attached hydrogen (secondary N) is 1. The number of benzene rings is 1. The summed E-state index contributed by atoms with van der Waals surface area (Å²) in [4.78, 5) is 4.38. The highest BCUT2D eigenvalue weighted by Crippen LogP contribution is 2.36. The zero-order valence-electron chi connectivity index (χ0n) is 14.8. The van der Waals surface area contributed by atoms with Gasteiger partial charge in [0.25, 0.3) is 0 Å². The van der Waals surface area contributed by atoms with Gasteiger partial charge in [0.05, 0.1) is 11.2 Å². The standard InChI is InChI=1S/C18H23BN2O2S/c1-17(2)18(3,4)23-19(22-17)15-10-14(11-20-12-15)13-6-8-16(9-7-13)21-24-5/h6-12,21H,1-5H3. The number of hydrogen-bond donors (Lipinski definition) is 1. The van der Waals surface area contributed by atoms with Gasteiger partial charge in [-0.1, -0.05) is 30.1 Å². The molecule has 4 nitrogen and oxygen atoms in total. The molecule has 1 saturated heterocycles. The predicted octanol–water partition coefficient (Wildman–Crippen LogP) is 3.74. The van der Waals surface area contributed by atoms with Crippen LogP contribution in [0.15, 0.2) is 42.7 Å². The molecule has 1 aromatic heterocycles. The highest BCUT2D eigenvalue weighted by atomic mass is 32.2. The van der Waals surface area contributed by atoms with Gasteiger partial charge in [0.2, 0.25) is 0 Å². The molecule has 1 fully saturated rings. The Balaban J connectivity index is 1.85. The molecule has 0 spiro atoms. The first kappa shape index (κ1) is 17.3. The molecule has 2 aromatic rings. The van der Waals surface area contributed by atoms with Crippen LogP contribution in [0.3, 0.4) is 0 Å². The number of hydrogen-bond acceptors (Lipinski definition) is 5. The van der Waals surface area contributed by atoms with Crippen LogP contribution in [-0.2, 0) is 9.31 Å². The second-order valence-electron chi connectivity index (χ2n) is 6.98. The fourth-order valence-corrected chi connectivity index (χ4v) is 2.94. The van der Waals surface area contributed by atoms with Gasteiger partial charge < -0.3 is 14.0 Å². The Labute approximate surface area is 148 Å². The summed E-state index contributed by atoms with van der Waals surface area (Å²) < 4.78 is 15.5. The van der Waals surface area contributed by atoms with E-state index in [1.54, 1.807) is 11.9 Å². The quantitative estimate of drug-likeness (QED) is 0.677. The molecule has 1 N–H and O–H groups in total. The summed E-state index contributed by atoms with van der Waals surface area (Å²) in [5.41, 5.74) is 3.50. The molecule has 6 heteroatoms. The van der Waals surface area contributed by atoms with Crippen molar-refractivity contribution in [2.45, 2.75) is 38.9 Å². The summed E-state index contributed by atoms with van der Waals surface area (Å²) in [6, 6.07) is 10.4. The zero-order valence-corrected chi connectivity index (χ0v) is 15.6. The van der Waals surface area contributed by atoms with Crippen LogP contribution in [0.25, 0.3) is 11.1 Å². The van der Waals surface area contributed by atoms with Crippen LogP contribution in [0.5, 0.6) is 0 Å². The largest absolute Gasteiger partial charge is 0.496 e. The monoisotopic (exact) mass is 342 g/mol. The van der Waals surface area contributed by atoms with Gasteiger partial charge in [-0.15, -0.1) is 0 Å². The minimum Gasteiger partial charge on any atom is -0.399 e. The highest BCUT2D eigenvalue weighted by molar-refractivity contribution is 7.99. The van der Waals surface area contributed by atoms with E-state index in [1.165, 1.54) is 0 Å². The Morgan fingerprint density at radius 1 is 0.958 bits per heavy atom. The van der Waals surface area contributed by atoms with Crippen LogP contribution < -0.4 is 10.2 Å². The van der Waals surface area contributed by atoms with Gasteiger partial charge >= 0.3 is 7.12 Å². The summed E-state index contributed by atoms with van der Waals surface area (Å²) in [7, 11) is -0.389. The molecule has 1 aliphatic heterocycles. The Morgan fingerprint density at radius 2 is 1.58 bits per heavy atom. The molecule has 2 heterocycles. The van der Waals surface area contributed by atoms with E-state index >= 15 is 0 Å². The molecule has 1 aromatic carbocycles. The number of pyridine rings is 1. The van der Waals surface area contributed by atoms with Gasteiger partial charge in [-0.25, -0.2) is 0 Å². The van der Waals surface area contributed by atoms with E-state index in [1.807, 2.05) is 18.6 Å². The number of rotatable bonds is 4. The third kappa shape index (κ3) is 3.32. The molecule has 0 unspecified atom stereocenters. The van der Waals surface area contributed by atoms with Crippen molar-refractivity contribution in [1.29, 1.82) is 0 Å². The van der Waals surface area contributed by atoms with E-state index in [-0.39, 0.29) is 18.3 Å². The summed E-state index contributed by atoms with van der Waals surface area (Å²) in [5, 5.41) is 0. The average Bonchev–Trinajstić information content (AvgIpc) is 2.77. The summed E-state index contributed by atoms with van der Waals surface area (Å²) in [6.07, 6.45) is 5.69. The lowest BCUT2D eigenvalue weighted by Crippen LogP contribution is -2.41. The second kappa shape index (κ2) is 6.43. The topological polar surface area (TPSA) is 43.4 Å². The van der Waals surface area contributed by atoms with Crippen molar-refractivity contribution < 1.29 is 9.31 Å². The molecule has 0 amide bonds. The van der Waals surface area contributed by atoms with E-state index < -0.39 is 0 Å². The Bertz CT molecular complexity index is 703. The van der Waals surface area contributed by atoms with Crippen molar-refractivity contribution in [3.05, 3.63) is 42.7 Å². The molecule has 0 atom stereocenters. The normalized spacial score (nSPS) is 18.6. The molecule has 0 saturated carbocycles. The van der Waals surface area contributed by atoms with E-state index in [0.717, 1.165) is 22.3 Å². The Hall–Kier alpha value is -1.50.